The van der Waals surface area contributed by atoms with E-state index in [1.807, 2.05) is 44.4 Å². The van der Waals surface area contributed by atoms with Gasteiger partial charge in [0, 0.05) is 24.9 Å². The summed E-state index contributed by atoms with van der Waals surface area (Å²) in [5.74, 6) is 0.297. The number of carbonyl (C=O) groups excluding carboxylic acids is 1. The normalized spacial score (nSPS) is 11.1. The summed E-state index contributed by atoms with van der Waals surface area (Å²) in [5, 5.41) is 14.0. The van der Waals surface area contributed by atoms with Gasteiger partial charge in [-0.15, -0.1) is 0 Å². The van der Waals surface area contributed by atoms with E-state index >= 15 is 0 Å². The molecule has 0 saturated carbocycles. The summed E-state index contributed by atoms with van der Waals surface area (Å²) >= 11 is 0. The molecule has 1 amide bonds. The van der Waals surface area contributed by atoms with Crippen molar-refractivity contribution in [1.82, 2.24) is 10.2 Å². The Balaban J connectivity index is 2.04. The summed E-state index contributed by atoms with van der Waals surface area (Å²) in [4.78, 5) is 14.9. The summed E-state index contributed by atoms with van der Waals surface area (Å²) in [6.07, 6.45) is 2.21. The number of hydrogen-bond donors (Lipinski definition) is 3. The van der Waals surface area contributed by atoms with Crippen LogP contribution in [-0.4, -0.2) is 51.1 Å². The molecule has 0 aliphatic rings. The van der Waals surface area contributed by atoms with Crippen LogP contribution in [0.1, 0.15) is 12.0 Å². The molecule has 0 aliphatic heterocycles. The van der Waals surface area contributed by atoms with E-state index in [0.29, 0.717) is 24.6 Å². The molecule has 7 heteroatoms. The van der Waals surface area contributed by atoms with Crippen LogP contribution in [0.25, 0.3) is 0 Å². The molecule has 0 heterocycles. The van der Waals surface area contributed by atoms with Crippen molar-refractivity contribution in [3.05, 3.63) is 71.9 Å². The van der Waals surface area contributed by atoms with Gasteiger partial charge < -0.3 is 25.0 Å². The summed E-state index contributed by atoms with van der Waals surface area (Å²) < 4.78 is 10.6. The van der Waals surface area contributed by atoms with Gasteiger partial charge >= 0.3 is 0 Å². The van der Waals surface area contributed by atoms with Gasteiger partial charge in [0.15, 0.2) is 0 Å². The smallest absolute Gasteiger partial charge is 0.271 e. The van der Waals surface area contributed by atoms with E-state index < -0.39 is 0 Å². The lowest BCUT2D eigenvalue weighted by Gasteiger charge is -2.13. The highest BCUT2D eigenvalue weighted by Gasteiger charge is 2.12. The van der Waals surface area contributed by atoms with Gasteiger partial charge in [-0.2, -0.15) is 0 Å². The van der Waals surface area contributed by atoms with E-state index in [1.165, 1.54) is 6.08 Å². The van der Waals surface area contributed by atoms with Crippen LogP contribution in [0.4, 0.5) is 5.69 Å². The second kappa shape index (κ2) is 12.3. The maximum Gasteiger partial charge on any atom is 0.271 e. The fourth-order valence-electron chi connectivity index (χ4n) is 2.60. The summed E-state index contributed by atoms with van der Waals surface area (Å²) in [6, 6.07) is 16.8. The molecule has 2 aromatic rings. The van der Waals surface area contributed by atoms with Gasteiger partial charge in [0.25, 0.3) is 5.91 Å². The van der Waals surface area contributed by atoms with Crippen molar-refractivity contribution in [3.63, 3.8) is 0 Å². The van der Waals surface area contributed by atoms with E-state index in [9.17, 15) is 4.79 Å². The van der Waals surface area contributed by atoms with Gasteiger partial charge in [-0.25, -0.2) is 0 Å². The molecular formula is C23H30N4O3. The Kier molecular flexibility index (Phi) is 9.40. The minimum atomic E-state index is -0.349. The molecule has 0 aliphatic carbocycles. The molecule has 2 rings (SSSR count). The molecule has 160 valence electrons. The lowest BCUT2D eigenvalue weighted by Crippen LogP contribution is -2.27. The van der Waals surface area contributed by atoms with E-state index in [0.717, 1.165) is 18.5 Å². The minimum absolute atomic E-state index is 0.0609. The average molecular weight is 411 g/mol. The zero-order valence-electron chi connectivity index (χ0n) is 17.8. The standard InChI is InChI=1S/C23H30N4O3/c1-27(2)14-7-15-30-22(24)16-21(25-17-18-8-5-4-6-9-18)23(28)26-19-10-12-20(29-3)13-11-19/h4-6,8-13,16,24-25H,7,14-15,17H2,1-3H3,(H,26,28)/b21-16-,24-22?. The number of nitrogens with one attached hydrogen (secondary N) is 3. The first-order valence-corrected chi connectivity index (χ1v) is 9.79. The summed E-state index contributed by atoms with van der Waals surface area (Å²) in [5.41, 5.74) is 1.91. The Labute approximate surface area is 178 Å². The highest BCUT2D eigenvalue weighted by molar-refractivity contribution is 6.06. The van der Waals surface area contributed by atoms with Crippen LogP contribution in [0.5, 0.6) is 5.75 Å². The zero-order valence-corrected chi connectivity index (χ0v) is 17.8. The SMILES string of the molecule is COc1ccc(NC(=O)/C(=C/C(=N)OCCCN(C)C)NCc2ccccc2)cc1. The molecule has 0 aromatic heterocycles. The van der Waals surface area contributed by atoms with Crippen LogP contribution in [0.15, 0.2) is 66.4 Å². The van der Waals surface area contributed by atoms with Gasteiger partial charge in [-0.1, -0.05) is 30.3 Å². The van der Waals surface area contributed by atoms with Crippen LogP contribution in [0.2, 0.25) is 0 Å². The van der Waals surface area contributed by atoms with Gasteiger partial charge in [-0.3, -0.25) is 10.2 Å². The van der Waals surface area contributed by atoms with Gasteiger partial charge in [0.1, 0.15) is 11.4 Å². The molecule has 0 fully saturated rings. The maximum atomic E-state index is 12.8. The van der Waals surface area contributed by atoms with Crippen molar-refractivity contribution in [3.8, 4) is 5.75 Å². The van der Waals surface area contributed by atoms with E-state index in [-0.39, 0.29) is 17.5 Å². The Morgan fingerprint density at radius 3 is 2.43 bits per heavy atom. The van der Waals surface area contributed by atoms with Gasteiger partial charge in [0.05, 0.1) is 13.7 Å². The lowest BCUT2D eigenvalue weighted by atomic mass is 10.2. The third-order valence-electron chi connectivity index (χ3n) is 4.20. The van der Waals surface area contributed by atoms with Crippen LogP contribution in [-0.2, 0) is 16.1 Å². The third kappa shape index (κ3) is 8.36. The Bertz CT molecular complexity index is 833. The monoisotopic (exact) mass is 410 g/mol. The molecule has 3 N–H and O–H groups in total. The Morgan fingerprint density at radius 1 is 1.10 bits per heavy atom. The van der Waals surface area contributed by atoms with Gasteiger partial charge in [-0.05, 0) is 50.3 Å². The third-order valence-corrected chi connectivity index (χ3v) is 4.20. The predicted octanol–water partition coefficient (Wildman–Crippen LogP) is 3.25. The quantitative estimate of drug-likeness (QED) is 0.229. The number of benzene rings is 2. The maximum absolute atomic E-state index is 12.8. The highest BCUT2D eigenvalue weighted by atomic mass is 16.5. The molecule has 7 nitrogen and oxygen atoms in total. The van der Waals surface area contributed by atoms with Crippen molar-refractivity contribution >= 4 is 17.5 Å². The second-order valence-electron chi connectivity index (χ2n) is 6.95. The first-order valence-electron chi connectivity index (χ1n) is 9.79. The zero-order chi connectivity index (χ0) is 21.8. The Morgan fingerprint density at radius 2 is 1.80 bits per heavy atom. The number of nitrogens with zero attached hydrogens (tertiary/aromatic N) is 1. The molecular weight excluding hydrogens is 380 g/mol. The fourth-order valence-corrected chi connectivity index (χ4v) is 2.60. The highest BCUT2D eigenvalue weighted by Crippen LogP contribution is 2.15. The first-order chi connectivity index (χ1) is 14.5. The number of carbonyl (C=O) groups is 1. The summed E-state index contributed by atoms with van der Waals surface area (Å²) in [6.45, 7) is 1.74. The number of anilines is 1. The van der Waals surface area contributed by atoms with E-state index in [4.69, 9.17) is 14.9 Å². The van der Waals surface area contributed by atoms with Crippen molar-refractivity contribution in [2.75, 3.05) is 39.7 Å². The number of amides is 1. The second-order valence-corrected chi connectivity index (χ2v) is 6.95. The predicted molar refractivity (Wildman–Crippen MR) is 120 cm³/mol. The number of methoxy groups -OCH3 is 1. The molecule has 0 radical (unpaired) electrons. The van der Waals surface area contributed by atoms with Gasteiger partial charge in [0.2, 0.25) is 5.90 Å². The number of ether oxygens (including phenoxy) is 2. The summed E-state index contributed by atoms with van der Waals surface area (Å²) in [7, 11) is 5.56. The average Bonchev–Trinajstić information content (AvgIpc) is 2.75. The van der Waals surface area contributed by atoms with Crippen molar-refractivity contribution in [2.24, 2.45) is 0 Å². The van der Waals surface area contributed by atoms with Crippen LogP contribution in [0.3, 0.4) is 0 Å². The van der Waals surface area contributed by atoms with Crippen molar-refractivity contribution in [2.45, 2.75) is 13.0 Å². The van der Waals surface area contributed by atoms with Crippen LogP contribution in [0, 0.1) is 5.41 Å². The van der Waals surface area contributed by atoms with Crippen molar-refractivity contribution < 1.29 is 14.3 Å². The van der Waals surface area contributed by atoms with E-state index in [1.54, 1.807) is 31.4 Å². The number of hydrogen-bond acceptors (Lipinski definition) is 6. The topological polar surface area (TPSA) is 86.7 Å². The number of rotatable bonds is 11. The molecule has 0 bridgehead atoms. The van der Waals surface area contributed by atoms with Crippen LogP contribution < -0.4 is 15.4 Å². The van der Waals surface area contributed by atoms with E-state index in [2.05, 4.69) is 15.5 Å². The van der Waals surface area contributed by atoms with Crippen LogP contribution >= 0.6 is 0 Å². The van der Waals surface area contributed by atoms with Crippen molar-refractivity contribution in [1.29, 1.82) is 5.41 Å². The fraction of sp³-hybridized carbons (Fsp3) is 0.304. The minimum Gasteiger partial charge on any atom is -0.497 e. The molecule has 0 saturated heterocycles. The molecule has 2 aromatic carbocycles. The largest absolute Gasteiger partial charge is 0.497 e. The molecule has 0 atom stereocenters. The first kappa shape index (κ1) is 23.0. The lowest BCUT2D eigenvalue weighted by molar-refractivity contribution is -0.113. The molecule has 30 heavy (non-hydrogen) atoms. The molecule has 0 unspecified atom stereocenters. The molecule has 0 spiro atoms. The Hall–Kier alpha value is -3.32.